The summed E-state index contributed by atoms with van der Waals surface area (Å²) in [6.07, 6.45) is -3.68. The SMILES string of the molecule is COCCC(NC(=O)CSc1ccc(C(F)(F)F)cn1)C(=O)O. The Morgan fingerprint density at radius 3 is 2.61 bits per heavy atom. The van der Waals surface area contributed by atoms with Crippen molar-refractivity contribution in [1.82, 2.24) is 10.3 Å². The molecule has 0 aliphatic carbocycles. The van der Waals surface area contributed by atoms with Crippen molar-refractivity contribution in [2.24, 2.45) is 0 Å². The molecule has 1 amide bonds. The first-order chi connectivity index (χ1) is 10.7. The number of nitrogens with zero attached hydrogens (tertiary/aromatic N) is 1. The summed E-state index contributed by atoms with van der Waals surface area (Å²) in [6.45, 7) is 0.171. The van der Waals surface area contributed by atoms with Crippen LogP contribution < -0.4 is 5.32 Å². The van der Waals surface area contributed by atoms with Gasteiger partial charge in [0.25, 0.3) is 0 Å². The standard InChI is InChI=1S/C13H15F3N2O4S/c1-22-5-4-9(12(20)21)18-10(19)7-23-11-3-2-8(6-17-11)13(14,15)16/h2-3,6,9H,4-5,7H2,1H3,(H,18,19)(H,20,21). The molecular formula is C13H15F3N2O4S. The van der Waals surface area contributed by atoms with Crippen molar-refractivity contribution in [2.75, 3.05) is 19.5 Å². The molecule has 1 atom stereocenters. The van der Waals surface area contributed by atoms with Crippen molar-refractivity contribution in [3.05, 3.63) is 23.9 Å². The van der Waals surface area contributed by atoms with Crippen molar-refractivity contribution < 1.29 is 32.6 Å². The van der Waals surface area contributed by atoms with E-state index < -0.39 is 29.7 Å². The number of pyridine rings is 1. The number of rotatable bonds is 8. The summed E-state index contributed by atoms with van der Waals surface area (Å²) in [5.74, 6) is -1.90. The lowest BCUT2D eigenvalue weighted by Crippen LogP contribution is -2.42. The van der Waals surface area contributed by atoms with Gasteiger partial charge in [0.1, 0.15) is 6.04 Å². The van der Waals surface area contributed by atoms with Gasteiger partial charge in [-0.15, -0.1) is 0 Å². The molecule has 6 nitrogen and oxygen atoms in total. The molecule has 2 N–H and O–H groups in total. The predicted octanol–water partition coefficient (Wildman–Crippen LogP) is 1.80. The molecule has 0 aromatic carbocycles. The van der Waals surface area contributed by atoms with Crippen LogP contribution in [0, 0.1) is 0 Å². The van der Waals surface area contributed by atoms with Gasteiger partial charge in [0.05, 0.1) is 16.3 Å². The van der Waals surface area contributed by atoms with Crippen LogP contribution >= 0.6 is 11.8 Å². The van der Waals surface area contributed by atoms with Crippen LogP contribution in [0.3, 0.4) is 0 Å². The fraction of sp³-hybridized carbons (Fsp3) is 0.462. The van der Waals surface area contributed by atoms with Crippen LogP contribution in [0.1, 0.15) is 12.0 Å². The third-order valence-electron chi connectivity index (χ3n) is 2.66. The second kappa shape index (κ2) is 8.73. The molecule has 10 heteroatoms. The monoisotopic (exact) mass is 352 g/mol. The lowest BCUT2D eigenvalue weighted by molar-refractivity contribution is -0.142. The fourth-order valence-corrected chi connectivity index (χ4v) is 2.16. The summed E-state index contributed by atoms with van der Waals surface area (Å²) in [6, 6.07) is 0.940. The maximum atomic E-state index is 12.4. The van der Waals surface area contributed by atoms with E-state index >= 15 is 0 Å². The first kappa shape index (κ1) is 19.2. The Labute approximate surface area is 134 Å². The van der Waals surface area contributed by atoms with E-state index in [0.717, 1.165) is 23.9 Å². The van der Waals surface area contributed by atoms with E-state index in [0.29, 0.717) is 6.20 Å². The fourth-order valence-electron chi connectivity index (χ4n) is 1.50. The number of carboxylic acids is 1. The van der Waals surface area contributed by atoms with Gasteiger partial charge in [-0.05, 0) is 12.1 Å². The highest BCUT2D eigenvalue weighted by Gasteiger charge is 2.30. The zero-order chi connectivity index (χ0) is 17.5. The molecule has 0 aliphatic heterocycles. The van der Waals surface area contributed by atoms with Crippen LogP contribution in [0.5, 0.6) is 0 Å². The van der Waals surface area contributed by atoms with Crippen LogP contribution in [0.15, 0.2) is 23.4 Å². The minimum Gasteiger partial charge on any atom is -0.480 e. The number of halogens is 3. The highest BCUT2D eigenvalue weighted by atomic mass is 32.2. The minimum atomic E-state index is -4.47. The third kappa shape index (κ3) is 6.87. The van der Waals surface area contributed by atoms with Crippen LogP contribution in [0.25, 0.3) is 0 Å². The molecule has 1 aromatic heterocycles. The topological polar surface area (TPSA) is 88.5 Å². The van der Waals surface area contributed by atoms with E-state index in [-0.39, 0.29) is 23.8 Å². The quantitative estimate of drug-likeness (QED) is 0.694. The first-order valence-corrected chi connectivity index (χ1v) is 7.39. The number of hydrogen-bond donors (Lipinski definition) is 2. The van der Waals surface area contributed by atoms with Crippen molar-refractivity contribution >= 4 is 23.6 Å². The number of amides is 1. The van der Waals surface area contributed by atoms with Gasteiger partial charge in [0.2, 0.25) is 5.91 Å². The second-order valence-electron chi connectivity index (χ2n) is 4.41. The Morgan fingerprint density at radius 2 is 2.13 bits per heavy atom. The Morgan fingerprint density at radius 1 is 1.43 bits per heavy atom. The molecule has 0 fully saturated rings. The maximum absolute atomic E-state index is 12.4. The van der Waals surface area contributed by atoms with Gasteiger partial charge in [-0.2, -0.15) is 13.2 Å². The van der Waals surface area contributed by atoms with Gasteiger partial charge < -0.3 is 15.2 Å². The average molecular weight is 352 g/mol. The number of carbonyl (C=O) groups excluding carboxylic acids is 1. The van der Waals surface area contributed by atoms with Crippen molar-refractivity contribution in [2.45, 2.75) is 23.7 Å². The average Bonchev–Trinajstić information content (AvgIpc) is 2.48. The Kier molecular flexibility index (Phi) is 7.30. The van der Waals surface area contributed by atoms with Gasteiger partial charge in [-0.1, -0.05) is 11.8 Å². The van der Waals surface area contributed by atoms with Crippen molar-refractivity contribution in [1.29, 1.82) is 0 Å². The highest BCUT2D eigenvalue weighted by Crippen LogP contribution is 2.29. The predicted molar refractivity (Wildman–Crippen MR) is 76.0 cm³/mol. The summed E-state index contributed by atoms with van der Waals surface area (Å²) in [5.41, 5.74) is -0.878. The van der Waals surface area contributed by atoms with E-state index in [4.69, 9.17) is 9.84 Å². The zero-order valence-corrected chi connectivity index (χ0v) is 12.9. The van der Waals surface area contributed by atoms with E-state index in [1.54, 1.807) is 0 Å². The first-order valence-electron chi connectivity index (χ1n) is 6.41. The molecule has 1 rings (SSSR count). The Balaban J connectivity index is 2.50. The summed E-state index contributed by atoms with van der Waals surface area (Å²) in [5, 5.41) is 11.5. The van der Waals surface area contributed by atoms with E-state index in [9.17, 15) is 22.8 Å². The van der Waals surface area contributed by atoms with Crippen LogP contribution in [-0.4, -0.2) is 47.5 Å². The molecule has 128 valence electrons. The van der Waals surface area contributed by atoms with E-state index in [1.165, 1.54) is 7.11 Å². The normalized spacial score (nSPS) is 12.7. The largest absolute Gasteiger partial charge is 0.480 e. The number of hydrogen-bond acceptors (Lipinski definition) is 5. The number of carbonyl (C=O) groups is 2. The summed E-state index contributed by atoms with van der Waals surface area (Å²) in [4.78, 5) is 26.2. The van der Waals surface area contributed by atoms with E-state index in [2.05, 4.69) is 10.3 Å². The molecule has 0 bridgehead atoms. The molecule has 0 aliphatic rings. The molecule has 1 heterocycles. The Bertz CT molecular complexity index is 537. The van der Waals surface area contributed by atoms with Gasteiger partial charge in [0, 0.05) is 26.3 Å². The van der Waals surface area contributed by atoms with Gasteiger partial charge in [0.15, 0.2) is 0 Å². The van der Waals surface area contributed by atoms with Gasteiger partial charge >= 0.3 is 12.1 Å². The van der Waals surface area contributed by atoms with Crippen molar-refractivity contribution in [3.63, 3.8) is 0 Å². The lowest BCUT2D eigenvalue weighted by atomic mass is 10.2. The molecule has 0 saturated carbocycles. The van der Waals surface area contributed by atoms with Crippen LogP contribution in [0.2, 0.25) is 0 Å². The number of aromatic nitrogens is 1. The minimum absolute atomic E-state index is 0.112. The van der Waals surface area contributed by atoms with Gasteiger partial charge in [-0.25, -0.2) is 9.78 Å². The second-order valence-corrected chi connectivity index (χ2v) is 5.41. The molecule has 23 heavy (non-hydrogen) atoms. The van der Waals surface area contributed by atoms with E-state index in [1.807, 2.05) is 0 Å². The Hall–Kier alpha value is -1.81. The molecule has 0 spiro atoms. The number of alkyl halides is 3. The number of aliphatic carboxylic acids is 1. The molecule has 1 aromatic rings. The van der Waals surface area contributed by atoms with Crippen molar-refractivity contribution in [3.8, 4) is 0 Å². The number of thioether (sulfide) groups is 1. The summed E-state index contributed by atoms with van der Waals surface area (Å²) in [7, 11) is 1.41. The molecule has 0 radical (unpaired) electrons. The molecular weight excluding hydrogens is 337 g/mol. The van der Waals surface area contributed by atoms with Crippen LogP contribution in [-0.2, 0) is 20.5 Å². The maximum Gasteiger partial charge on any atom is 0.417 e. The number of methoxy groups -OCH3 is 1. The number of nitrogens with one attached hydrogen (secondary N) is 1. The zero-order valence-electron chi connectivity index (χ0n) is 12.1. The third-order valence-corrected chi connectivity index (χ3v) is 3.60. The number of ether oxygens (including phenoxy) is 1. The van der Waals surface area contributed by atoms with Gasteiger partial charge in [-0.3, -0.25) is 4.79 Å². The number of carboxylic acid groups (broad SMARTS) is 1. The lowest BCUT2D eigenvalue weighted by Gasteiger charge is -2.13. The molecule has 0 saturated heterocycles. The summed E-state index contributed by atoms with van der Waals surface area (Å²) >= 11 is 0.911. The van der Waals surface area contributed by atoms with Crippen LogP contribution in [0.4, 0.5) is 13.2 Å². The smallest absolute Gasteiger partial charge is 0.417 e. The highest BCUT2D eigenvalue weighted by molar-refractivity contribution is 7.99. The molecule has 1 unspecified atom stereocenters. The summed E-state index contributed by atoms with van der Waals surface area (Å²) < 4.78 is 41.9.